The second-order valence-corrected chi connectivity index (χ2v) is 5.42. The maximum absolute atomic E-state index is 10.2. The molecule has 1 unspecified atom stereocenters. The highest BCUT2D eigenvalue weighted by atomic mass is 32.1. The van der Waals surface area contributed by atoms with E-state index in [1.165, 1.54) is 0 Å². The molecular formula is C12H9NOS2. The minimum atomic E-state index is -0.556. The summed E-state index contributed by atoms with van der Waals surface area (Å²) in [6.45, 7) is 0. The molecule has 1 atom stereocenters. The van der Waals surface area contributed by atoms with Gasteiger partial charge in [-0.25, -0.2) is 0 Å². The third-order valence-corrected chi connectivity index (χ3v) is 4.23. The van der Waals surface area contributed by atoms with Gasteiger partial charge in [-0.05, 0) is 29.0 Å². The molecule has 0 aliphatic rings. The number of pyridine rings is 1. The summed E-state index contributed by atoms with van der Waals surface area (Å²) in [6, 6.07) is 7.88. The highest BCUT2D eigenvalue weighted by molar-refractivity contribution is 7.17. The minimum absolute atomic E-state index is 0.556. The fourth-order valence-corrected chi connectivity index (χ4v) is 3.15. The van der Waals surface area contributed by atoms with Crippen molar-refractivity contribution in [3.63, 3.8) is 0 Å². The third kappa shape index (κ3) is 1.65. The second kappa shape index (κ2) is 3.97. The van der Waals surface area contributed by atoms with Crippen LogP contribution in [0.2, 0.25) is 0 Å². The van der Waals surface area contributed by atoms with E-state index in [-0.39, 0.29) is 0 Å². The van der Waals surface area contributed by atoms with Crippen molar-refractivity contribution < 1.29 is 5.11 Å². The number of aliphatic hydroxyl groups excluding tert-OH is 1. The Morgan fingerprint density at radius 2 is 2.12 bits per heavy atom. The maximum Gasteiger partial charge on any atom is 0.115 e. The number of hydrogen-bond donors (Lipinski definition) is 1. The van der Waals surface area contributed by atoms with Crippen LogP contribution in [0.4, 0.5) is 0 Å². The average Bonchev–Trinajstić information content (AvgIpc) is 2.98. The lowest BCUT2D eigenvalue weighted by molar-refractivity contribution is 0.224. The van der Waals surface area contributed by atoms with Crippen molar-refractivity contribution in [3.05, 3.63) is 51.7 Å². The lowest BCUT2D eigenvalue weighted by Gasteiger charge is -2.07. The molecule has 0 saturated carbocycles. The van der Waals surface area contributed by atoms with Gasteiger partial charge in [0.15, 0.2) is 0 Å². The molecular weight excluding hydrogens is 238 g/mol. The minimum Gasteiger partial charge on any atom is -0.383 e. The van der Waals surface area contributed by atoms with Crippen LogP contribution in [0.3, 0.4) is 0 Å². The van der Waals surface area contributed by atoms with Gasteiger partial charge in [0.2, 0.25) is 0 Å². The van der Waals surface area contributed by atoms with E-state index < -0.39 is 6.10 Å². The molecule has 0 radical (unpaired) electrons. The Morgan fingerprint density at radius 3 is 2.94 bits per heavy atom. The number of aliphatic hydroxyl groups is 1. The summed E-state index contributed by atoms with van der Waals surface area (Å²) >= 11 is 3.20. The van der Waals surface area contributed by atoms with E-state index >= 15 is 0 Å². The summed E-state index contributed by atoms with van der Waals surface area (Å²) in [5.41, 5.74) is 1.85. The Bertz CT molecular complexity index is 600. The molecule has 0 fully saturated rings. The van der Waals surface area contributed by atoms with E-state index in [4.69, 9.17) is 0 Å². The van der Waals surface area contributed by atoms with Gasteiger partial charge in [0.05, 0.1) is 10.2 Å². The van der Waals surface area contributed by atoms with E-state index in [1.54, 1.807) is 28.9 Å². The molecule has 0 saturated heterocycles. The van der Waals surface area contributed by atoms with E-state index in [2.05, 4.69) is 4.98 Å². The molecule has 0 spiro atoms. The van der Waals surface area contributed by atoms with Gasteiger partial charge in [-0.15, -0.1) is 22.7 Å². The zero-order valence-electron chi connectivity index (χ0n) is 8.33. The van der Waals surface area contributed by atoms with Crippen LogP contribution in [0.1, 0.15) is 16.5 Å². The predicted molar refractivity (Wildman–Crippen MR) is 68.0 cm³/mol. The monoisotopic (exact) mass is 247 g/mol. The summed E-state index contributed by atoms with van der Waals surface area (Å²) in [5, 5.41) is 14.1. The van der Waals surface area contributed by atoms with Crippen molar-refractivity contribution in [1.29, 1.82) is 0 Å². The van der Waals surface area contributed by atoms with Crippen molar-refractivity contribution in [2.45, 2.75) is 6.10 Å². The molecule has 3 aromatic heterocycles. The van der Waals surface area contributed by atoms with Gasteiger partial charge in [-0.2, -0.15) is 0 Å². The fraction of sp³-hybridized carbons (Fsp3) is 0.0833. The molecule has 4 heteroatoms. The number of fused-ring (bicyclic) bond motifs is 1. The normalized spacial score (nSPS) is 13.1. The van der Waals surface area contributed by atoms with E-state index in [0.717, 1.165) is 20.7 Å². The van der Waals surface area contributed by atoms with Crippen LogP contribution < -0.4 is 0 Å². The molecule has 0 aliphatic heterocycles. The molecule has 3 rings (SSSR count). The maximum atomic E-state index is 10.2. The van der Waals surface area contributed by atoms with Gasteiger partial charge in [0.1, 0.15) is 6.10 Å². The number of rotatable bonds is 2. The Hall–Kier alpha value is -1.23. The lowest BCUT2D eigenvalue weighted by atomic mass is 10.1. The lowest BCUT2D eigenvalue weighted by Crippen LogP contribution is -1.97. The first-order chi connectivity index (χ1) is 7.84. The summed E-state index contributed by atoms with van der Waals surface area (Å²) in [7, 11) is 0. The van der Waals surface area contributed by atoms with Crippen LogP contribution in [0.25, 0.3) is 10.2 Å². The molecule has 80 valence electrons. The van der Waals surface area contributed by atoms with Crippen molar-refractivity contribution >= 4 is 32.9 Å². The summed E-state index contributed by atoms with van der Waals surface area (Å²) in [5.74, 6) is 0. The van der Waals surface area contributed by atoms with Crippen molar-refractivity contribution in [2.75, 3.05) is 0 Å². The number of thiophene rings is 2. The van der Waals surface area contributed by atoms with Gasteiger partial charge in [0.25, 0.3) is 0 Å². The number of hydrogen-bond acceptors (Lipinski definition) is 4. The number of aromatic nitrogens is 1. The Balaban J connectivity index is 2.05. The van der Waals surface area contributed by atoms with E-state index in [0.29, 0.717) is 0 Å². The fourth-order valence-electron chi connectivity index (χ4n) is 1.62. The Kier molecular flexibility index (Phi) is 2.47. The van der Waals surface area contributed by atoms with Gasteiger partial charge in [-0.1, -0.05) is 6.07 Å². The Labute approximate surface area is 101 Å². The van der Waals surface area contributed by atoms with Crippen LogP contribution in [0.5, 0.6) is 0 Å². The SMILES string of the molecule is OC(c1cnc2ccsc2c1)c1cccs1. The molecule has 3 aromatic rings. The molecule has 0 bridgehead atoms. The van der Waals surface area contributed by atoms with Crippen LogP contribution in [0, 0.1) is 0 Å². The zero-order valence-corrected chi connectivity index (χ0v) is 9.96. The van der Waals surface area contributed by atoms with Crippen LogP contribution in [-0.4, -0.2) is 10.1 Å². The van der Waals surface area contributed by atoms with Crippen molar-refractivity contribution in [2.24, 2.45) is 0 Å². The Morgan fingerprint density at radius 1 is 1.19 bits per heavy atom. The quantitative estimate of drug-likeness (QED) is 0.752. The van der Waals surface area contributed by atoms with Crippen molar-refractivity contribution in [1.82, 2.24) is 4.98 Å². The van der Waals surface area contributed by atoms with Gasteiger partial charge in [0, 0.05) is 16.6 Å². The van der Waals surface area contributed by atoms with Crippen LogP contribution in [-0.2, 0) is 0 Å². The molecule has 1 N–H and O–H groups in total. The topological polar surface area (TPSA) is 33.1 Å². The second-order valence-electron chi connectivity index (χ2n) is 3.49. The highest BCUT2D eigenvalue weighted by Gasteiger charge is 2.12. The van der Waals surface area contributed by atoms with Gasteiger partial charge >= 0.3 is 0 Å². The molecule has 3 heterocycles. The third-order valence-electron chi connectivity index (χ3n) is 2.45. The number of nitrogens with zero attached hydrogens (tertiary/aromatic N) is 1. The van der Waals surface area contributed by atoms with Gasteiger partial charge in [-0.3, -0.25) is 4.98 Å². The summed E-state index contributed by atoms with van der Waals surface area (Å²) in [6.07, 6.45) is 1.19. The van der Waals surface area contributed by atoms with Gasteiger partial charge < -0.3 is 5.11 Å². The smallest absolute Gasteiger partial charge is 0.115 e. The molecule has 0 aromatic carbocycles. The summed E-state index contributed by atoms with van der Waals surface area (Å²) in [4.78, 5) is 5.28. The first-order valence-corrected chi connectivity index (χ1v) is 6.65. The van der Waals surface area contributed by atoms with Crippen LogP contribution in [0.15, 0.2) is 41.2 Å². The molecule has 2 nitrogen and oxygen atoms in total. The first-order valence-electron chi connectivity index (χ1n) is 4.89. The molecule has 16 heavy (non-hydrogen) atoms. The highest BCUT2D eigenvalue weighted by Crippen LogP contribution is 2.28. The van der Waals surface area contributed by atoms with E-state index in [9.17, 15) is 5.11 Å². The molecule has 0 aliphatic carbocycles. The predicted octanol–water partition coefficient (Wildman–Crippen LogP) is 3.44. The van der Waals surface area contributed by atoms with Crippen molar-refractivity contribution in [3.8, 4) is 0 Å². The zero-order chi connectivity index (χ0) is 11.0. The standard InChI is InChI=1S/C12H9NOS2/c14-12(10-2-1-4-15-10)8-6-11-9(13-7-8)3-5-16-11/h1-7,12,14H. The largest absolute Gasteiger partial charge is 0.383 e. The first kappa shape index (κ1) is 9.96. The molecule has 0 amide bonds. The van der Waals surface area contributed by atoms with Crippen LogP contribution >= 0.6 is 22.7 Å². The average molecular weight is 247 g/mol. The summed E-state index contributed by atoms with van der Waals surface area (Å²) < 4.78 is 1.12. The van der Waals surface area contributed by atoms with E-state index in [1.807, 2.05) is 35.0 Å².